The highest BCUT2D eigenvalue weighted by molar-refractivity contribution is 5.38. The van der Waals surface area contributed by atoms with Crippen molar-refractivity contribution in [2.24, 2.45) is 11.8 Å². The van der Waals surface area contributed by atoms with E-state index in [-0.39, 0.29) is 0 Å². The molecule has 0 bridgehead atoms. The maximum atomic E-state index is 2.58. The number of rotatable bonds is 4. The van der Waals surface area contributed by atoms with Gasteiger partial charge in [0.15, 0.2) is 0 Å². The molecule has 0 amide bonds. The lowest BCUT2D eigenvalue weighted by Gasteiger charge is -2.27. The Morgan fingerprint density at radius 1 is 1.17 bits per heavy atom. The quantitative estimate of drug-likeness (QED) is 0.567. The molecule has 0 nitrogen and oxygen atoms in total. The standard InChI is InChI=1S/C18H30/c1-4-14(2)12-16-9-5-6-11-18(16)17-10-7-8-15(3)13-17/h13-15H,4-12H2,1-3H3. The Bertz CT molecular complexity index is 332. The Kier molecular flexibility index (Phi) is 5.09. The highest BCUT2D eigenvalue weighted by atomic mass is 14.3. The van der Waals surface area contributed by atoms with Gasteiger partial charge in [-0.2, -0.15) is 0 Å². The Hall–Kier alpha value is -0.520. The smallest absolute Gasteiger partial charge is 0.0256 e. The third-order valence-electron chi connectivity index (χ3n) is 4.85. The first kappa shape index (κ1) is 13.9. The molecular formula is C18H30. The Labute approximate surface area is 114 Å². The van der Waals surface area contributed by atoms with Crippen molar-refractivity contribution < 1.29 is 0 Å². The summed E-state index contributed by atoms with van der Waals surface area (Å²) in [5, 5.41) is 0. The van der Waals surface area contributed by atoms with Crippen LogP contribution in [0.25, 0.3) is 0 Å². The van der Waals surface area contributed by atoms with Crippen molar-refractivity contribution in [3.05, 3.63) is 22.8 Å². The molecule has 2 rings (SSSR count). The Balaban J connectivity index is 2.19. The molecule has 2 aliphatic carbocycles. The summed E-state index contributed by atoms with van der Waals surface area (Å²) in [5.74, 6) is 1.68. The van der Waals surface area contributed by atoms with Crippen LogP contribution in [0.2, 0.25) is 0 Å². The van der Waals surface area contributed by atoms with E-state index in [2.05, 4.69) is 26.8 Å². The summed E-state index contributed by atoms with van der Waals surface area (Å²) in [5.41, 5.74) is 5.33. The molecule has 0 aromatic carbocycles. The average molecular weight is 246 g/mol. The van der Waals surface area contributed by atoms with Gasteiger partial charge in [-0.25, -0.2) is 0 Å². The summed E-state index contributed by atoms with van der Waals surface area (Å²) >= 11 is 0. The third kappa shape index (κ3) is 3.49. The van der Waals surface area contributed by atoms with Gasteiger partial charge in [0.25, 0.3) is 0 Å². The summed E-state index contributed by atoms with van der Waals surface area (Å²) in [4.78, 5) is 0. The van der Waals surface area contributed by atoms with Crippen LogP contribution >= 0.6 is 0 Å². The molecule has 0 fully saturated rings. The van der Waals surface area contributed by atoms with E-state index in [9.17, 15) is 0 Å². The average Bonchev–Trinajstić information content (AvgIpc) is 2.39. The van der Waals surface area contributed by atoms with E-state index in [1.54, 1.807) is 11.1 Å². The van der Waals surface area contributed by atoms with Crippen molar-refractivity contribution in [2.75, 3.05) is 0 Å². The molecule has 0 spiro atoms. The summed E-state index contributed by atoms with van der Waals surface area (Å²) in [6.07, 6.45) is 15.0. The van der Waals surface area contributed by atoms with Gasteiger partial charge >= 0.3 is 0 Å². The van der Waals surface area contributed by atoms with Gasteiger partial charge in [0.1, 0.15) is 0 Å². The molecule has 0 heteroatoms. The fourth-order valence-corrected chi connectivity index (χ4v) is 3.52. The van der Waals surface area contributed by atoms with Gasteiger partial charge in [-0.05, 0) is 74.3 Å². The molecule has 18 heavy (non-hydrogen) atoms. The van der Waals surface area contributed by atoms with Crippen molar-refractivity contribution >= 4 is 0 Å². The SMILES string of the molecule is CCC(C)CC1=C(C2=CC(C)CCC2)CCCC1. The van der Waals surface area contributed by atoms with E-state index >= 15 is 0 Å². The van der Waals surface area contributed by atoms with Gasteiger partial charge in [0.05, 0.1) is 0 Å². The zero-order valence-corrected chi connectivity index (χ0v) is 12.6. The maximum Gasteiger partial charge on any atom is -0.0256 e. The molecule has 0 aromatic heterocycles. The van der Waals surface area contributed by atoms with E-state index in [1.807, 2.05) is 5.57 Å². The van der Waals surface area contributed by atoms with Crippen molar-refractivity contribution in [3.8, 4) is 0 Å². The second kappa shape index (κ2) is 6.59. The largest absolute Gasteiger partial charge is 0.0782 e. The molecule has 0 N–H and O–H groups in total. The van der Waals surface area contributed by atoms with Crippen molar-refractivity contribution in [1.82, 2.24) is 0 Å². The fraction of sp³-hybridized carbons (Fsp3) is 0.778. The molecule has 102 valence electrons. The van der Waals surface area contributed by atoms with Crippen LogP contribution in [0.3, 0.4) is 0 Å². The first-order valence-corrected chi connectivity index (χ1v) is 8.12. The van der Waals surface area contributed by atoms with E-state index in [4.69, 9.17) is 0 Å². The molecule has 0 heterocycles. The van der Waals surface area contributed by atoms with E-state index in [1.165, 1.54) is 57.8 Å². The number of hydrogen-bond donors (Lipinski definition) is 0. The van der Waals surface area contributed by atoms with Crippen LogP contribution in [0, 0.1) is 11.8 Å². The minimum atomic E-state index is 0.813. The van der Waals surface area contributed by atoms with Crippen LogP contribution in [0.4, 0.5) is 0 Å². The van der Waals surface area contributed by atoms with Gasteiger partial charge < -0.3 is 0 Å². The fourth-order valence-electron chi connectivity index (χ4n) is 3.52. The third-order valence-corrected chi connectivity index (χ3v) is 4.85. The molecule has 2 aliphatic rings. The molecular weight excluding hydrogens is 216 g/mol. The second-order valence-electron chi connectivity index (χ2n) is 6.57. The zero-order chi connectivity index (χ0) is 13.0. The van der Waals surface area contributed by atoms with Crippen LogP contribution in [0.1, 0.15) is 78.6 Å². The minimum absolute atomic E-state index is 0.813. The molecule has 0 saturated carbocycles. The lowest BCUT2D eigenvalue weighted by molar-refractivity contribution is 0.518. The molecule has 2 unspecified atom stereocenters. The van der Waals surface area contributed by atoms with Crippen molar-refractivity contribution in [3.63, 3.8) is 0 Å². The molecule has 0 aromatic rings. The second-order valence-corrected chi connectivity index (χ2v) is 6.57. The monoisotopic (exact) mass is 246 g/mol. The highest BCUT2D eigenvalue weighted by Crippen LogP contribution is 2.38. The van der Waals surface area contributed by atoms with Crippen LogP contribution in [0.15, 0.2) is 22.8 Å². The summed E-state index contributed by atoms with van der Waals surface area (Å²) in [6, 6.07) is 0. The van der Waals surface area contributed by atoms with E-state index < -0.39 is 0 Å². The predicted molar refractivity (Wildman–Crippen MR) is 80.7 cm³/mol. The molecule has 0 saturated heterocycles. The van der Waals surface area contributed by atoms with Gasteiger partial charge in [0.2, 0.25) is 0 Å². The Morgan fingerprint density at radius 2 is 1.94 bits per heavy atom. The van der Waals surface area contributed by atoms with E-state index in [0.29, 0.717) is 0 Å². The van der Waals surface area contributed by atoms with Crippen molar-refractivity contribution in [2.45, 2.75) is 78.6 Å². The zero-order valence-electron chi connectivity index (χ0n) is 12.6. The maximum absolute atomic E-state index is 2.58. The first-order valence-electron chi connectivity index (χ1n) is 8.12. The van der Waals surface area contributed by atoms with Gasteiger partial charge in [-0.15, -0.1) is 0 Å². The summed E-state index contributed by atoms with van der Waals surface area (Å²) in [7, 11) is 0. The Morgan fingerprint density at radius 3 is 2.67 bits per heavy atom. The summed E-state index contributed by atoms with van der Waals surface area (Å²) in [6.45, 7) is 7.13. The normalized spacial score (nSPS) is 27.1. The predicted octanol–water partition coefficient (Wildman–Crippen LogP) is 6.04. The topological polar surface area (TPSA) is 0 Å². The minimum Gasteiger partial charge on any atom is -0.0782 e. The lowest BCUT2D eigenvalue weighted by Crippen LogP contribution is -2.09. The van der Waals surface area contributed by atoms with E-state index in [0.717, 1.165) is 11.8 Å². The molecule has 2 atom stereocenters. The van der Waals surface area contributed by atoms with Crippen LogP contribution in [-0.4, -0.2) is 0 Å². The number of hydrogen-bond acceptors (Lipinski definition) is 0. The van der Waals surface area contributed by atoms with Crippen LogP contribution in [0.5, 0.6) is 0 Å². The van der Waals surface area contributed by atoms with Crippen LogP contribution < -0.4 is 0 Å². The van der Waals surface area contributed by atoms with Crippen molar-refractivity contribution in [1.29, 1.82) is 0 Å². The van der Waals surface area contributed by atoms with Crippen LogP contribution in [-0.2, 0) is 0 Å². The molecule has 0 radical (unpaired) electrons. The first-order chi connectivity index (χ1) is 8.70. The summed E-state index contributed by atoms with van der Waals surface area (Å²) < 4.78 is 0. The van der Waals surface area contributed by atoms with Gasteiger partial charge in [0, 0.05) is 0 Å². The van der Waals surface area contributed by atoms with Gasteiger partial charge in [-0.3, -0.25) is 0 Å². The highest BCUT2D eigenvalue weighted by Gasteiger charge is 2.20. The lowest BCUT2D eigenvalue weighted by atomic mass is 9.78. The number of allylic oxidation sites excluding steroid dienone is 4. The molecule has 0 aliphatic heterocycles. The van der Waals surface area contributed by atoms with Gasteiger partial charge in [-0.1, -0.05) is 38.8 Å².